The zero-order valence-electron chi connectivity index (χ0n) is 10.7. The van der Waals surface area contributed by atoms with Crippen molar-refractivity contribution >= 4 is 0 Å². The number of likely N-dealkylation sites (tertiary alicyclic amines) is 1. The molecule has 1 fully saturated rings. The molecule has 0 bridgehead atoms. The smallest absolute Gasteiger partial charge is 0.115 e. The third kappa shape index (κ3) is 2.82. The number of hydrogen-bond donors (Lipinski definition) is 1. The van der Waals surface area contributed by atoms with Gasteiger partial charge >= 0.3 is 0 Å². The maximum absolute atomic E-state index is 5.93. The van der Waals surface area contributed by atoms with E-state index < -0.39 is 0 Å². The highest BCUT2D eigenvalue weighted by atomic mass is 15.2. The molecule has 2 N–H and O–H groups in total. The fourth-order valence-corrected chi connectivity index (χ4v) is 2.81. The molecule has 2 heterocycles. The van der Waals surface area contributed by atoms with E-state index in [1.165, 1.54) is 12.8 Å². The van der Waals surface area contributed by atoms with E-state index in [1.54, 1.807) is 12.5 Å². The second-order valence-electron chi connectivity index (χ2n) is 5.10. The number of hydrogen-bond acceptors (Lipinski definition) is 4. The van der Waals surface area contributed by atoms with Crippen molar-refractivity contribution in [3.8, 4) is 0 Å². The average molecular weight is 234 g/mol. The van der Waals surface area contributed by atoms with Gasteiger partial charge in [-0.25, -0.2) is 9.97 Å². The van der Waals surface area contributed by atoms with Crippen LogP contribution in [0.25, 0.3) is 0 Å². The second kappa shape index (κ2) is 5.56. The summed E-state index contributed by atoms with van der Waals surface area (Å²) in [4.78, 5) is 10.8. The molecule has 1 saturated heterocycles. The molecular formula is C13H22N4. The van der Waals surface area contributed by atoms with Crippen LogP contribution in [0.4, 0.5) is 0 Å². The first kappa shape index (κ1) is 12.5. The van der Waals surface area contributed by atoms with E-state index in [0.717, 1.165) is 18.2 Å². The van der Waals surface area contributed by atoms with E-state index in [9.17, 15) is 0 Å². The van der Waals surface area contributed by atoms with Crippen LogP contribution < -0.4 is 5.73 Å². The zero-order chi connectivity index (χ0) is 12.3. The van der Waals surface area contributed by atoms with Crippen LogP contribution in [-0.4, -0.2) is 34.0 Å². The van der Waals surface area contributed by atoms with Gasteiger partial charge < -0.3 is 5.73 Å². The highest BCUT2D eigenvalue weighted by Crippen LogP contribution is 2.29. The van der Waals surface area contributed by atoms with E-state index >= 15 is 0 Å². The highest BCUT2D eigenvalue weighted by Gasteiger charge is 2.29. The van der Waals surface area contributed by atoms with Crippen LogP contribution in [0, 0.1) is 5.92 Å². The van der Waals surface area contributed by atoms with Crippen molar-refractivity contribution in [3.05, 3.63) is 24.3 Å². The highest BCUT2D eigenvalue weighted by molar-refractivity contribution is 5.07. The fourth-order valence-electron chi connectivity index (χ4n) is 2.81. The fraction of sp³-hybridized carbons (Fsp3) is 0.692. The van der Waals surface area contributed by atoms with Crippen LogP contribution in [0.1, 0.15) is 38.4 Å². The Bertz CT molecular complexity index is 341. The zero-order valence-corrected chi connectivity index (χ0v) is 10.7. The first-order valence-electron chi connectivity index (χ1n) is 6.44. The molecule has 17 heavy (non-hydrogen) atoms. The van der Waals surface area contributed by atoms with Crippen LogP contribution in [0.2, 0.25) is 0 Å². The first-order chi connectivity index (χ1) is 8.22. The van der Waals surface area contributed by atoms with Crippen molar-refractivity contribution in [2.24, 2.45) is 11.7 Å². The quantitative estimate of drug-likeness (QED) is 0.863. The molecule has 94 valence electrons. The van der Waals surface area contributed by atoms with Crippen LogP contribution in [0.15, 0.2) is 18.6 Å². The van der Waals surface area contributed by atoms with Crippen LogP contribution in [-0.2, 0) is 0 Å². The van der Waals surface area contributed by atoms with E-state index in [4.69, 9.17) is 5.73 Å². The molecule has 3 unspecified atom stereocenters. The van der Waals surface area contributed by atoms with Gasteiger partial charge in [0.2, 0.25) is 0 Å². The van der Waals surface area contributed by atoms with Gasteiger partial charge in [-0.2, -0.15) is 0 Å². The molecule has 4 nitrogen and oxygen atoms in total. The molecule has 4 heteroatoms. The third-order valence-electron chi connectivity index (χ3n) is 3.76. The molecule has 1 aromatic heterocycles. The van der Waals surface area contributed by atoms with Crippen molar-refractivity contribution in [2.75, 3.05) is 13.1 Å². The summed E-state index contributed by atoms with van der Waals surface area (Å²) in [7, 11) is 0. The Morgan fingerprint density at radius 3 is 2.94 bits per heavy atom. The molecule has 0 aliphatic carbocycles. The molecule has 0 amide bonds. The van der Waals surface area contributed by atoms with Crippen molar-refractivity contribution in [3.63, 3.8) is 0 Å². The molecule has 2 rings (SSSR count). The van der Waals surface area contributed by atoms with Gasteiger partial charge in [0.25, 0.3) is 0 Å². The lowest BCUT2D eigenvalue weighted by molar-refractivity contribution is 0.0827. The largest absolute Gasteiger partial charge is 0.329 e. The maximum atomic E-state index is 5.93. The van der Waals surface area contributed by atoms with Gasteiger partial charge in [-0.05, 0) is 38.3 Å². The van der Waals surface area contributed by atoms with Gasteiger partial charge in [-0.1, -0.05) is 6.92 Å². The van der Waals surface area contributed by atoms with Crippen molar-refractivity contribution < 1.29 is 0 Å². The molecule has 0 saturated carbocycles. The minimum Gasteiger partial charge on any atom is -0.329 e. The summed E-state index contributed by atoms with van der Waals surface area (Å²) in [6, 6.07) is 2.80. The van der Waals surface area contributed by atoms with Crippen LogP contribution >= 0.6 is 0 Å². The summed E-state index contributed by atoms with van der Waals surface area (Å²) < 4.78 is 0. The Hall–Kier alpha value is -1.00. The van der Waals surface area contributed by atoms with E-state index in [1.807, 2.05) is 6.07 Å². The lowest BCUT2D eigenvalue weighted by atomic mass is 9.91. The van der Waals surface area contributed by atoms with E-state index in [0.29, 0.717) is 12.6 Å². The SMILES string of the molecule is CC1CCN(C(CN)c2ccncn2)C(C)C1. The van der Waals surface area contributed by atoms with Crippen molar-refractivity contribution in [2.45, 2.75) is 38.8 Å². The third-order valence-corrected chi connectivity index (χ3v) is 3.76. The van der Waals surface area contributed by atoms with Gasteiger partial charge in [0, 0.05) is 18.8 Å². The van der Waals surface area contributed by atoms with Gasteiger partial charge in [0.15, 0.2) is 0 Å². The number of rotatable bonds is 3. The molecule has 0 aromatic carbocycles. The van der Waals surface area contributed by atoms with Gasteiger partial charge in [0.05, 0.1) is 11.7 Å². The van der Waals surface area contributed by atoms with Crippen LogP contribution in [0.3, 0.4) is 0 Å². The normalized spacial score (nSPS) is 27.9. The summed E-state index contributed by atoms with van der Waals surface area (Å²) in [5.74, 6) is 0.824. The first-order valence-corrected chi connectivity index (χ1v) is 6.44. The van der Waals surface area contributed by atoms with Gasteiger partial charge in [-0.3, -0.25) is 4.90 Å². The summed E-state index contributed by atoms with van der Waals surface area (Å²) in [6.07, 6.45) is 5.91. The van der Waals surface area contributed by atoms with Crippen molar-refractivity contribution in [1.82, 2.24) is 14.9 Å². The summed E-state index contributed by atoms with van der Waals surface area (Å²) >= 11 is 0. The standard InChI is InChI=1S/C13H22N4/c1-10-4-6-17(11(2)7-10)13(8-14)12-3-5-15-9-16-12/h3,5,9-11,13H,4,6-8,14H2,1-2H3. The molecule has 1 aromatic rings. The summed E-state index contributed by atoms with van der Waals surface area (Å²) in [5.41, 5.74) is 6.98. The predicted octanol–water partition coefficient (Wildman–Crippen LogP) is 1.60. The monoisotopic (exact) mass is 234 g/mol. The average Bonchev–Trinajstić information content (AvgIpc) is 2.34. The Morgan fingerprint density at radius 1 is 1.53 bits per heavy atom. The Balaban J connectivity index is 2.13. The number of nitrogens with two attached hydrogens (primary N) is 1. The van der Waals surface area contributed by atoms with Crippen molar-refractivity contribution in [1.29, 1.82) is 0 Å². The summed E-state index contributed by atoms with van der Waals surface area (Å²) in [6.45, 7) is 6.36. The predicted molar refractivity (Wildman–Crippen MR) is 68.4 cm³/mol. The Labute approximate surface area is 103 Å². The molecule has 1 aliphatic rings. The molecule has 3 atom stereocenters. The molecular weight excluding hydrogens is 212 g/mol. The molecule has 0 spiro atoms. The Kier molecular flexibility index (Phi) is 4.07. The van der Waals surface area contributed by atoms with E-state index in [-0.39, 0.29) is 6.04 Å². The topological polar surface area (TPSA) is 55.0 Å². The Morgan fingerprint density at radius 2 is 2.35 bits per heavy atom. The summed E-state index contributed by atoms with van der Waals surface area (Å²) in [5, 5.41) is 0. The van der Waals surface area contributed by atoms with Gasteiger partial charge in [-0.15, -0.1) is 0 Å². The van der Waals surface area contributed by atoms with E-state index in [2.05, 4.69) is 28.7 Å². The number of nitrogens with zero attached hydrogens (tertiary/aromatic N) is 3. The molecule has 0 radical (unpaired) electrons. The minimum absolute atomic E-state index is 0.237. The minimum atomic E-state index is 0.237. The maximum Gasteiger partial charge on any atom is 0.115 e. The second-order valence-corrected chi connectivity index (χ2v) is 5.10. The number of piperidine rings is 1. The lowest BCUT2D eigenvalue weighted by Crippen LogP contribution is -2.45. The van der Waals surface area contributed by atoms with Gasteiger partial charge in [0.1, 0.15) is 6.33 Å². The molecule has 1 aliphatic heterocycles. The lowest BCUT2D eigenvalue weighted by Gasteiger charge is -2.41. The number of aromatic nitrogens is 2. The van der Waals surface area contributed by atoms with Crippen LogP contribution in [0.5, 0.6) is 0 Å².